The highest BCUT2D eigenvalue weighted by molar-refractivity contribution is 6.42. The fraction of sp³-hybridized carbons (Fsp3) is 0.333. The maximum Gasteiger partial charge on any atom is 0.121 e. The third-order valence-electron chi connectivity index (χ3n) is 1.72. The van der Waals surface area contributed by atoms with Crippen molar-refractivity contribution in [2.75, 3.05) is 0 Å². The van der Waals surface area contributed by atoms with Crippen molar-refractivity contribution < 1.29 is 4.74 Å². The first-order valence-electron chi connectivity index (χ1n) is 3.87. The molecule has 2 rings (SSSR count). The van der Waals surface area contributed by atoms with Gasteiger partial charge in [-0.2, -0.15) is 0 Å². The molecule has 1 fully saturated rings. The summed E-state index contributed by atoms with van der Waals surface area (Å²) >= 11 is 11.6. The maximum atomic E-state index is 5.81. The fourth-order valence-electron chi connectivity index (χ4n) is 0.929. The summed E-state index contributed by atoms with van der Waals surface area (Å²) in [7, 11) is 0. The minimum atomic E-state index is 0.405. The van der Waals surface area contributed by atoms with Crippen LogP contribution in [0.25, 0.3) is 0 Å². The monoisotopic (exact) mass is 202 g/mol. The van der Waals surface area contributed by atoms with Gasteiger partial charge in [-0.25, -0.2) is 0 Å². The maximum absolute atomic E-state index is 5.81. The lowest BCUT2D eigenvalue weighted by molar-refractivity contribution is 0.303. The molecule has 64 valence electrons. The molecular formula is C9H8Cl2O. The van der Waals surface area contributed by atoms with E-state index < -0.39 is 0 Å². The van der Waals surface area contributed by atoms with Crippen LogP contribution in [0.2, 0.25) is 10.0 Å². The molecule has 1 saturated carbocycles. The second-order valence-corrected chi connectivity index (χ2v) is 3.71. The molecule has 1 aliphatic carbocycles. The Labute approximate surface area is 81.2 Å². The van der Waals surface area contributed by atoms with Gasteiger partial charge in [-0.3, -0.25) is 0 Å². The van der Waals surface area contributed by atoms with Crippen LogP contribution in [0, 0.1) is 0 Å². The first kappa shape index (κ1) is 8.21. The topological polar surface area (TPSA) is 9.23 Å². The van der Waals surface area contributed by atoms with E-state index in [1.54, 1.807) is 12.1 Å². The van der Waals surface area contributed by atoms with Gasteiger partial charge in [0.25, 0.3) is 0 Å². The Hall–Kier alpha value is -0.400. The molecule has 1 aliphatic rings. The fourth-order valence-corrected chi connectivity index (χ4v) is 1.22. The lowest BCUT2D eigenvalue weighted by Gasteiger charge is -2.04. The SMILES string of the molecule is Clc1ccc(OC2CC2)cc1Cl. The third-order valence-corrected chi connectivity index (χ3v) is 2.46. The number of halogens is 2. The van der Waals surface area contributed by atoms with Crippen molar-refractivity contribution in [2.45, 2.75) is 18.9 Å². The first-order valence-corrected chi connectivity index (χ1v) is 4.63. The van der Waals surface area contributed by atoms with Crippen LogP contribution < -0.4 is 4.74 Å². The number of ether oxygens (including phenoxy) is 1. The van der Waals surface area contributed by atoms with Crippen LogP contribution >= 0.6 is 23.2 Å². The normalized spacial score (nSPS) is 16.2. The predicted molar refractivity (Wildman–Crippen MR) is 50.1 cm³/mol. The standard InChI is InChI=1S/C9H8Cl2O/c10-8-4-3-7(5-9(8)11)12-6-1-2-6/h3-6H,1-2H2. The van der Waals surface area contributed by atoms with E-state index in [0.29, 0.717) is 16.1 Å². The predicted octanol–water partition coefficient (Wildman–Crippen LogP) is 3.53. The van der Waals surface area contributed by atoms with Crippen molar-refractivity contribution in [3.8, 4) is 5.75 Å². The van der Waals surface area contributed by atoms with Crippen LogP contribution in [0.5, 0.6) is 5.75 Å². The average molecular weight is 203 g/mol. The molecule has 0 amide bonds. The van der Waals surface area contributed by atoms with Crippen LogP contribution in [0.1, 0.15) is 12.8 Å². The quantitative estimate of drug-likeness (QED) is 0.714. The van der Waals surface area contributed by atoms with Crippen LogP contribution in [0.15, 0.2) is 18.2 Å². The van der Waals surface area contributed by atoms with E-state index in [4.69, 9.17) is 27.9 Å². The Morgan fingerprint density at radius 2 is 1.92 bits per heavy atom. The highest BCUT2D eigenvalue weighted by atomic mass is 35.5. The van der Waals surface area contributed by atoms with E-state index in [2.05, 4.69) is 0 Å². The largest absolute Gasteiger partial charge is 0.490 e. The minimum Gasteiger partial charge on any atom is -0.490 e. The average Bonchev–Trinajstić information content (AvgIpc) is 2.81. The Kier molecular flexibility index (Phi) is 2.16. The molecule has 1 aromatic rings. The van der Waals surface area contributed by atoms with Crippen molar-refractivity contribution in [3.05, 3.63) is 28.2 Å². The van der Waals surface area contributed by atoms with Gasteiger partial charge in [0.15, 0.2) is 0 Å². The zero-order valence-corrected chi connectivity index (χ0v) is 7.90. The van der Waals surface area contributed by atoms with Gasteiger partial charge >= 0.3 is 0 Å². The van der Waals surface area contributed by atoms with Crippen LogP contribution in [0.4, 0.5) is 0 Å². The zero-order valence-electron chi connectivity index (χ0n) is 6.39. The molecule has 0 saturated heterocycles. The number of hydrogen-bond acceptors (Lipinski definition) is 1. The van der Waals surface area contributed by atoms with Gasteiger partial charge < -0.3 is 4.74 Å². The Morgan fingerprint density at radius 3 is 2.50 bits per heavy atom. The Morgan fingerprint density at radius 1 is 1.17 bits per heavy atom. The van der Waals surface area contributed by atoms with Gasteiger partial charge in [0.2, 0.25) is 0 Å². The molecule has 0 spiro atoms. The summed E-state index contributed by atoms with van der Waals surface area (Å²) in [6.45, 7) is 0. The summed E-state index contributed by atoms with van der Waals surface area (Å²) in [5.41, 5.74) is 0. The van der Waals surface area contributed by atoms with Gasteiger partial charge in [-0.15, -0.1) is 0 Å². The molecule has 0 atom stereocenters. The molecular weight excluding hydrogens is 195 g/mol. The van der Waals surface area contributed by atoms with E-state index in [9.17, 15) is 0 Å². The molecule has 0 N–H and O–H groups in total. The summed E-state index contributed by atoms with van der Waals surface area (Å²) in [5, 5.41) is 1.12. The van der Waals surface area contributed by atoms with Gasteiger partial charge in [-0.1, -0.05) is 23.2 Å². The smallest absolute Gasteiger partial charge is 0.121 e. The van der Waals surface area contributed by atoms with Gasteiger partial charge in [0.05, 0.1) is 16.1 Å². The molecule has 0 radical (unpaired) electrons. The molecule has 1 nitrogen and oxygen atoms in total. The molecule has 0 unspecified atom stereocenters. The van der Waals surface area contributed by atoms with Crippen LogP contribution in [-0.4, -0.2) is 6.10 Å². The Balaban J connectivity index is 2.15. The summed E-state index contributed by atoms with van der Waals surface area (Å²) in [4.78, 5) is 0. The van der Waals surface area contributed by atoms with Crippen molar-refractivity contribution in [2.24, 2.45) is 0 Å². The summed E-state index contributed by atoms with van der Waals surface area (Å²) in [5.74, 6) is 0.812. The van der Waals surface area contributed by atoms with E-state index in [0.717, 1.165) is 18.6 Å². The van der Waals surface area contributed by atoms with Crippen molar-refractivity contribution >= 4 is 23.2 Å². The van der Waals surface area contributed by atoms with Crippen molar-refractivity contribution in [1.82, 2.24) is 0 Å². The van der Waals surface area contributed by atoms with Crippen LogP contribution in [0.3, 0.4) is 0 Å². The summed E-state index contributed by atoms with van der Waals surface area (Å²) in [6, 6.07) is 5.34. The first-order chi connectivity index (χ1) is 5.75. The molecule has 0 bridgehead atoms. The van der Waals surface area contributed by atoms with Gasteiger partial charge in [0.1, 0.15) is 5.75 Å². The van der Waals surface area contributed by atoms with Crippen molar-refractivity contribution in [3.63, 3.8) is 0 Å². The van der Waals surface area contributed by atoms with E-state index >= 15 is 0 Å². The Bertz CT molecular complexity index is 295. The summed E-state index contributed by atoms with van der Waals surface area (Å²) < 4.78 is 5.52. The highest BCUT2D eigenvalue weighted by Crippen LogP contribution is 2.31. The summed E-state index contributed by atoms with van der Waals surface area (Å²) in [6.07, 6.45) is 2.71. The number of hydrogen-bond donors (Lipinski definition) is 0. The van der Waals surface area contributed by atoms with Crippen LogP contribution in [-0.2, 0) is 0 Å². The second-order valence-electron chi connectivity index (χ2n) is 2.89. The minimum absolute atomic E-state index is 0.405. The zero-order chi connectivity index (χ0) is 8.55. The van der Waals surface area contributed by atoms with Crippen molar-refractivity contribution in [1.29, 1.82) is 0 Å². The lowest BCUT2D eigenvalue weighted by Crippen LogP contribution is -1.95. The van der Waals surface area contributed by atoms with Gasteiger partial charge in [-0.05, 0) is 25.0 Å². The van der Waals surface area contributed by atoms with E-state index in [1.807, 2.05) is 6.07 Å². The lowest BCUT2D eigenvalue weighted by atomic mass is 10.3. The molecule has 0 aliphatic heterocycles. The molecule has 0 heterocycles. The van der Waals surface area contributed by atoms with E-state index in [1.165, 1.54) is 0 Å². The van der Waals surface area contributed by atoms with E-state index in [-0.39, 0.29) is 0 Å². The molecule has 3 heteroatoms. The molecule has 12 heavy (non-hydrogen) atoms. The molecule has 1 aromatic carbocycles. The second kappa shape index (κ2) is 3.15. The third kappa shape index (κ3) is 1.85. The molecule has 0 aromatic heterocycles. The number of rotatable bonds is 2. The highest BCUT2D eigenvalue weighted by Gasteiger charge is 2.23. The number of benzene rings is 1. The van der Waals surface area contributed by atoms with Gasteiger partial charge in [0, 0.05) is 6.07 Å².